The van der Waals surface area contributed by atoms with Crippen molar-refractivity contribution in [1.82, 2.24) is 0 Å². The number of hydrogen-bond acceptors (Lipinski definition) is 3. The minimum atomic E-state index is -0.983. The summed E-state index contributed by atoms with van der Waals surface area (Å²) in [6.07, 6.45) is 9.00. The fourth-order valence-electron chi connectivity index (χ4n) is 11.8. The molecule has 1 aromatic rings. The van der Waals surface area contributed by atoms with Crippen molar-refractivity contribution in [3.05, 3.63) is 35.9 Å². The van der Waals surface area contributed by atoms with E-state index in [0.29, 0.717) is 18.3 Å². The Labute approximate surface area is 192 Å². The van der Waals surface area contributed by atoms with Crippen molar-refractivity contribution in [2.24, 2.45) is 51.8 Å². The van der Waals surface area contributed by atoms with E-state index in [9.17, 15) is 9.90 Å². The summed E-state index contributed by atoms with van der Waals surface area (Å²) in [6.45, 7) is 4.91. The molecule has 6 aliphatic rings. The van der Waals surface area contributed by atoms with Crippen molar-refractivity contribution in [2.75, 3.05) is 7.11 Å². The molecule has 3 nitrogen and oxygen atoms in total. The van der Waals surface area contributed by atoms with Crippen molar-refractivity contribution in [3.8, 4) is 0 Å². The Hall–Kier alpha value is -1.19. The summed E-state index contributed by atoms with van der Waals surface area (Å²) in [4.78, 5) is 13.4. The van der Waals surface area contributed by atoms with Crippen LogP contribution in [0.1, 0.15) is 64.4 Å². The maximum Gasteiger partial charge on any atom is 0.141 e. The number of carbonyl (C=O) groups is 1. The third-order valence-electron chi connectivity index (χ3n) is 12.7. The van der Waals surface area contributed by atoms with E-state index in [-0.39, 0.29) is 34.1 Å². The Kier molecular flexibility index (Phi) is 3.84. The first-order valence-electron chi connectivity index (χ1n) is 13.1. The molecular weight excluding hydrogens is 396 g/mol. The second kappa shape index (κ2) is 6.08. The standard InChI is InChI=1S/C29H38O3/c1-26-16-21-19-9-10-20-12-18(11-17-7-5-4-6-8-17)14-28(20,15-19)27(26,2)24(21)25-22(30)13-23(32-3)29(25,26)31/h4-8,18-21,23-25,31H,9-16H2,1-3H3/t18-,19-,20+,21+,23+,24+,25-,26+,27+,28+,29-/m1/s1. The van der Waals surface area contributed by atoms with Gasteiger partial charge in [-0.25, -0.2) is 0 Å². The van der Waals surface area contributed by atoms with Gasteiger partial charge in [0.2, 0.25) is 0 Å². The van der Waals surface area contributed by atoms with Gasteiger partial charge in [0.1, 0.15) is 11.4 Å². The molecule has 6 aliphatic carbocycles. The first-order valence-corrected chi connectivity index (χ1v) is 13.1. The highest BCUT2D eigenvalue weighted by Gasteiger charge is 2.89. The molecule has 11 atom stereocenters. The number of ketones is 1. The molecule has 0 amide bonds. The molecule has 0 unspecified atom stereocenters. The number of hydrogen-bond donors (Lipinski definition) is 1. The molecule has 172 valence electrons. The van der Waals surface area contributed by atoms with Crippen LogP contribution in [0, 0.1) is 51.8 Å². The van der Waals surface area contributed by atoms with Gasteiger partial charge in [-0.2, -0.15) is 0 Å². The van der Waals surface area contributed by atoms with Crippen LogP contribution in [-0.2, 0) is 16.0 Å². The quantitative estimate of drug-likeness (QED) is 0.724. The van der Waals surface area contributed by atoms with Crippen LogP contribution in [-0.4, -0.2) is 29.7 Å². The monoisotopic (exact) mass is 434 g/mol. The average Bonchev–Trinajstić information content (AvgIpc) is 3.39. The first kappa shape index (κ1) is 20.2. The highest BCUT2D eigenvalue weighted by molar-refractivity contribution is 5.88. The van der Waals surface area contributed by atoms with Crippen LogP contribution >= 0.6 is 0 Å². The Balaban J connectivity index is 1.35. The van der Waals surface area contributed by atoms with Gasteiger partial charge < -0.3 is 9.84 Å². The molecular formula is C29H38O3. The van der Waals surface area contributed by atoms with Crippen molar-refractivity contribution in [1.29, 1.82) is 0 Å². The summed E-state index contributed by atoms with van der Waals surface area (Å²) in [5.41, 5.74) is 0.563. The molecule has 0 aliphatic heterocycles. The summed E-state index contributed by atoms with van der Waals surface area (Å²) in [5, 5.41) is 12.4. The van der Waals surface area contributed by atoms with Crippen LogP contribution in [0.4, 0.5) is 0 Å². The predicted molar refractivity (Wildman–Crippen MR) is 123 cm³/mol. The number of carbonyl (C=O) groups excluding carboxylic acids is 1. The van der Waals surface area contributed by atoms with E-state index in [1.54, 1.807) is 7.11 Å². The zero-order valence-corrected chi connectivity index (χ0v) is 19.8. The van der Waals surface area contributed by atoms with Gasteiger partial charge in [-0.05, 0) is 90.9 Å². The number of methoxy groups -OCH3 is 1. The van der Waals surface area contributed by atoms with Crippen LogP contribution in [0.15, 0.2) is 30.3 Å². The number of Topliss-reactive ketones (excluding diaryl/α,β-unsaturated/α-hetero) is 1. The number of fused-ring (bicyclic) bond motifs is 4. The lowest BCUT2D eigenvalue weighted by atomic mass is 9.42. The van der Waals surface area contributed by atoms with Gasteiger partial charge in [0.25, 0.3) is 0 Å². The molecule has 1 aromatic carbocycles. The van der Waals surface area contributed by atoms with E-state index in [1.807, 2.05) is 0 Å². The summed E-state index contributed by atoms with van der Waals surface area (Å²) in [6, 6.07) is 11.0. The van der Waals surface area contributed by atoms with Crippen LogP contribution in [0.25, 0.3) is 0 Å². The maximum absolute atomic E-state index is 13.4. The van der Waals surface area contributed by atoms with E-state index in [4.69, 9.17) is 4.74 Å². The molecule has 32 heavy (non-hydrogen) atoms. The van der Waals surface area contributed by atoms with Crippen molar-refractivity contribution >= 4 is 5.78 Å². The number of aliphatic hydroxyl groups is 1. The van der Waals surface area contributed by atoms with E-state index in [2.05, 4.69) is 44.2 Å². The second-order valence-electron chi connectivity index (χ2n) is 13.0. The summed E-state index contributed by atoms with van der Waals surface area (Å²) in [5.74, 6) is 3.28. The lowest BCUT2D eigenvalue weighted by Crippen LogP contribution is -2.60. The van der Waals surface area contributed by atoms with E-state index >= 15 is 0 Å². The molecule has 1 spiro atoms. The summed E-state index contributed by atoms with van der Waals surface area (Å²) in [7, 11) is 1.70. The fraction of sp³-hybridized carbons (Fsp3) is 0.759. The van der Waals surface area contributed by atoms with Crippen LogP contribution in [0.3, 0.4) is 0 Å². The summed E-state index contributed by atoms with van der Waals surface area (Å²) >= 11 is 0. The van der Waals surface area contributed by atoms with Gasteiger partial charge in [0.05, 0.1) is 12.0 Å². The highest BCUT2D eigenvalue weighted by Crippen LogP contribution is 2.88. The lowest BCUT2D eigenvalue weighted by Gasteiger charge is -2.62. The average molecular weight is 435 g/mol. The molecule has 0 aromatic heterocycles. The maximum atomic E-state index is 13.4. The first-order chi connectivity index (χ1) is 15.3. The van der Waals surface area contributed by atoms with Crippen LogP contribution in [0.5, 0.6) is 0 Å². The predicted octanol–water partition coefficient (Wildman–Crippen LogP) is 5.05. The summed E-state index contributed by atoms with van der Waals surface area (Å²) < 4.78 is 5.86. The number of ether oxygens (including phenoxy) is 1. The largest absolute Gasteiger partial charge is 0.386 e. The van der Waals surface area contributed by atoms with Gasteiger partial charge in [-0.3, -0.25) is 4.79 Å². The third-order valence-corrected chi connectivity index (χ3v) is 12.7. The number of benzene rings is 1. The van der Waals surface area contributed by atoms with Crippen LogP contribution < -0.4 is 0 Å². The zero-order chi connectivity index (χ0) is 22.1. The van der Waals surface area contributed by atoms with Crippen molar-refractivity contribution in [3.63, 3.8) is 0 Å². The van der Waals surface area contributed by atoms with E-state index < -0.39 is 5.60 Å². The number of rotatable bonds is 3. The molecule has 6 bridgehead atoms. The zero-order valence-electron chi connectivity index (χ0n) is 19.8. The van der Waals surface area contributed by atoms with Gasteiger partial charge in [0, 0.05) is 18.9 Å². The Bertz CT molecular complexity index is 974. The molecule has 1 N–H and O–H groups in total. The van der Waals surface area contributed by atoms with E-state index in [0.717, 1.165) is 24.2 Å². The normalized spacial score (nSPS) is 57.0. The molecule has 7 rings (SSSR count). The van der Waals surface area contributed by atoms with E-state index in [1.165, 1.54) is 44.1 Å². The molecule has 6 fully saturated rings. The van der Waals surface area contributed by atoms with Crippen molar-refractivity contribution < 1.29 is 14.6 Å². The smallest absolute Gasteiger partial charge is 0.141 e. The Morgan fingerprint density at radius 2 is 1.88 bits per heavy atom. The molecule has 3 heteroatoms. The van der Waals surface area contributed by atoms with Gasteiger partial charge in [-0.15, -0.1) is 0 Å². The lowest BCUT2D eigenvalue weighted by molar-refractivity contribution is -0.192. The Morgan fingerprint density at radius 1 is 1.09 bits per heavy atom. The van der Waals surface area contributed by atoms with Gasteiger partial charge >= 0.3 is 0 Å². The van der Waals surface area contributed by atoms with Gasteiger partial charge in [0.15, 0.2) is 0 Å². The van der Waals surface area contributed by atoms with Crippen LogP contribution in [0.2, 0.25) is 0 Å². The minimum Gasteiger partial charge on any atom is -0.386 e. The second-order valence-corrected chi connectivity index (χ2v) is 13.0. The molecule has 6 saturated carbocycles. The van der Waals surface area contributed by atoms with Crippen molar-refractivity contribution in [2.45, 2.75) is 76.9 Å². The minimum absolute atomic E-state index is 0.0317. The SMILES string of the molecule is CO[C@H]1CC(=O)[C@@H]2[C@@H]3[C@H]4C[C@](C)([C@@]12O)[C@@]3(C)[C@]12C[C@H](Cc3ccccc3)C[C@@H]1CC[C@@H]4C2. The van der Waals surface area contributed by atoms with Gasteiger partial charge in [-0.1, -0.05) is 44.2 Å². The molecule has 0 radical (unpaired) electrons. The third kappa shape index (κ3) is 1.92. The molecule has 0 saturated heterocycles. The Morgan fingerprint density at radius 3 is 2.62 bits per heavy atom. The topological polar surface area (TPSA) is 46.5 Å². The molecule has 0 heterocycles. The highest BCUT2D eigenvalue weighted by atomic mass is 16.5. The fourth-order valence-corrected chi connectivity index (χ4v) is 11.8.